The molecule has 104 valence electrons. The Bertz CT molecular complexity index is 473. The minimum absolute atomic E-state index is 0.263. The van der Waals surface area contributed by atoms with Crippen molar-refractivity contribution in [3.8, 4) is 0 Å². The zero-order valence-electron chi connectivity index (χ0n) is 11.6. The summed E-state index contributed by atoms with van der Waals surface area (Å²) < 4.78 is 7.02. The molecule has 3 rings (SSSR count). The number of nitrogens with zero attached hydrogens (tertiary/aromatic N) is 3. The molecular formula is C14H21N3O2. The minimum atomic E-state index is -0.263. The molecule has 0 unspecified atom stereocenters. The van der Waals surface area contributed by atoms with Crippen molar-refractivity contribution >= 4 is 5.97 Å². The summed E-state index contributed by atoms with van der Waals surface area (Å²) in [5.74, 6) is -0.263. The Morgan fingerprint density at radius 1 is 1.42 bits per heavy atom. The van der Waals surface area contributed by atoms with Crippen LogP contribution in [0.5, 0.6) is 0 Å². The molecule has 0 amide bonds. The fourth-order valence-electron chi connectivity index (χ4n) is 2.89. The van der Waals surface area contributed by atoms with E-state index in [0.717, 1.165) is 24.8 Å². The minimum Gasteiger partial charge on any atom is -0.462 e. The Balaban J connectivity index is 1.64. The summed E-state index contributed by atoms with van der Waals surface area (Å²) in [6.45, 7) is 6.30. The third-order valence-corrected chi connectivity index (χ3v) is 4.37. The molecule has 1 aromatic heterocycles. The lowest BCUT2D eigenvalue weighted by atomic mass is 9.88. The Kier molecular flexibility index (Phi) is 3.31. The van der Waals surface area contributed by atoms with Crippen LogP contribution < -0.4 is 0 Å². The van der Waals surface area contributed by atoms with Crippen LogP contribution in [0.15, 0.2) is 6.20 Å². The quantitative estimate of drug-likeness (QED) is 0.777. The van der Waals surface area contributed by atoms with E-state index in [1.54, 1.807) is 6.20 Å². The van der Waals surface area contributed by atoms with Crippen LogP contribution >= 0.6 is 0 Å². The van der Waals surface area contributed by atoms with E-state index in [2.05, 4.69) is 10.00 Å². The summed E-state index contributed by atoms with van der Waals surface area (Å²) >= 11 is 0. The van der Waals surface area contributed by atoms with Gasteiger partial charge < -0.3 is 4.74 Å². The molecule has 0 bridgehead atoms. The van der Waals surface area contributed by atoms with Crippen molar-refractivity contribution in [3.63, 3.8) is 0 Å². The number of ether oxygens (including phenoxy) is 1. The smallest absolute Gasteiger partial charge is 0.341 e. The van der Waals surface area contributed by atoms with Crippen molar-refractivity contribution in [2.45, 2.75) is 45.2 Å². The maximum absolute atomic E-state index is 11.7. The van der Waals surface area contributed by atoms with E-state index in [0.29, 0.717) is 18.2 Å². The van der Waals surface area contributed by atoms with Gasteiger partial charge in [0.05, 0.1) is 24.5 Å². The molecule has 1 aliphatic carbocycles. The van der Waals surface area contributed by atoms with E-state index in [1.807, 2.05) is 18.5 Å². The van der Waals surface area contributed by atoms with E-state index in [9.17, 15) is 4.79 Å². The van der Waals surface area contributed by atoms with Gasteiger partial charge in [0.2, 0.25) is 0 Å². The molecule has 1 aromatic rings. The zero-order chi connectivity index (χ0) is 13.4. The highest BCUT2D eigenvalue weighted by atomic mass is 16.5. The van der Waals surface area contributed by atoms with Gasteiger partial charge in [0.15, 0.2) is 0 Å². The van der Waals surface area contributed by atoms with Gasteiger partial charge in [0.25, 0.3) is 0 Å². The maximum Gasteiger partial charge on any atom is 0.341 e. The first kappa shape index (κ1) is 12.7. The lowest BCUT2D eigenvalue weighted by molar-refractivity contribution is 0.0172. The predicted octanol–water partition coefficient (Wildman–Crippen LogP) is 1.78. The highest BCUT2D eigenvalue weighted by Crippen LogP contribution is 2.33. The first-order valence-corrected chi connectivity index (χ1v) is 7.16. The van der Waals surface area contributed by atoms with Gasteiger partial charge >= 0.3 is 5.97 Å². The fraction of sp³-hybridized carbons (Fsp3) is 0.714. The van der Waals surface area contributed by atoms with Crippen molar-refractivity contribution in [1.82, 2.24) is 14.7 Å². The van der Waals surface area contributed by atoms with Crippen LogP contribution in [0.1, 0.15) is 48.3 Å². The first-order chi connectivity index (χ1) is 9.20. The Labute approximate surface area is 113 Å². The fourth-order valence-corrected chi connectivity index (χ4v) is 2.89. The second kappa shape index (κ2) is 4.96. The van der Waals surface area contributed by atoms with Crippen molar-refractivity contribution < 1.29 is 9.53 Å². The summed E-state index contributed by atoms with van der Waals surface area (Å²) in [5, 5.41) is 4.37. The Morgan fingerprint density at radius 3 is 2.74 bits per heavy atom. The Morgan fingerprint density at radius 2 is 2.16 bits per heavy atom. The monoisotopic (exact) mass is 263 g/mol. The van der Waals surface area contributed by atoms with Crippen LogP contribution in [0.4, 0.5) is 0 Å². The molecule has 5 nitrogen and oxygen atoms in total. The number of carbonyl (C=O) groups excluding carboxylic acids is 1. The topological polar surface area (TPSA) is 47.4 Å². The summed E-state index contributed by atoms with van der Waals surface area (Å²) in [5.41, 5.74) is 1.53. The SMILES string of the molecule is CCOC(=O)c1cnn(C2CN(C3CCC3)C2)c1C. The zero-order valence-corrected chi connectivity index (χ0v) is 11.6. The molecule has 19 heavy (non-hydrogen) atoms. The van der Waals surface area contributed by atoms with Crippen molar-refractivity contribution in [1.29, 1.82) is 0 Å². The number of rotatable bonds is 4. The summed E-state index contributed by atoms with van der Waals surface area (Å²) in [4.78, 5) is 14.3. The second-order valence-corrected chi connectivity index (χ2v) is 5.50. The van der Waals surface area contributed by atoms with Crippen LogP contribution in [0.3, 0.4) is 0 Å². The number of carbonyl (C=O) groups is 1. The molecule has 2 fully saturated rings. The standard InChI is InChI=1S/C14H21N3O2/c1-3-19-14(18)13-7-15-17(10(13)2)12-8-16(9-12)11-5-4-6-11/h7,11-12H,3-6,8-9H2,1-2H3. The number of likely N-dealkylation sites (tertiary alicyclic amines) is 1. The van der Waals surface area contributed by atoms with E-state index in [-0.39, 0.29) is 5.97 Å². The molecule has 5 heteroatoms. The summed E-state index contributed by atoms with van der Waals surface area (Å²) in [6, 6.07) is 1.22. The Hall–Kier alpha value is -1.36. The average molecular weight is 263 g/mol. The first-order valence-electron chi connectivity index (χ1n) is 7.16. The molecule has 2 aliphatic rings. The summed E-state index contributed by atoms with van der Waals surface area (Å²) in [6.07, 6.45) is 5.71. The maximum atomic E-state index is 11.7. The van der Waals surface area contributed by atoms with Crippen LogP contribution in [-0.2, 0) is 4.74 Å². The van der Waals surface area contributed by atoms with E-state index >= 15 is 0 Å². The molecule has 2 heterocycles. The highest BCUT2D eigenvalue weighted by Gasteiger charge is 2.37. The van der Waals surface area contributed by atoms with Gasteiger partial charge in [0.1, 0.15) is 5.56 Å². The van der Waals surface area contributed by atoms with Gasteiger partial charge in [-0.3, -0.25) is 9.58 Å². The molecule has 0 radical (unpaired) electrons. The molecule has 0 aromatic carbocycles. The molecule has 0 spiro atoms. The normalized spacial score (nSPS) is 20.9. The highest BCUT2D eigenvalue weighted by molar-refractivity contribution is 5.90. The largest absolute Gasteiger partial charge is 0.462 e. The third-order valence-electron chi connectivity index (χ3n) is 4.37. The predicted molar refractivity (Wildman–Crippen MR) is 71.2 cm³/mol. The van der Waals surface area contributed by atoms with Crippen LogP contribution in [-0.4, -0.2) is 46.4 Å². The lowest BCUT2D eigenvalue weighted by Crippen LogP contribution is -2.55. The average Bonchev–Trinajstić information content (AvgIpc) is 2.62. The van der Waals surface area contributed by atoms with Gasteiger partial charge in [0, 0.05) is 19.1 Å². The summed E-state index contributed by atoms with van der Waals surface area (Å²) in [7, 11) is 0. The van der Waals surface area contributed by atoms with Gasteiger partial charge in [-0.1, -0.05) is 6.42 Å². The van der Waals surface area contributed by atoms with Crippen LogP contribution in [0.2, 0.25) is 0 Å². The molecule has 1 saturated carbocycles. The van der Waals surface area contributed by atoms with Crippen molar-refractivity contribution in [3.05, 3.63) is 17.5 Å². The molecule has 1 aliphatic heterocycles. The van der Waals surface area contributed by atoms with Gasteiger partial charge in [-0.05, 0) is 26.7 Å². The molecular weight excluding hydrogens is 242 g/mol. The van der Waals surface area contributed by atoms with Crippen LogP contribution in [0, 0.1) is 6.92 Å². The van der Waals surface area contributed by atoms with Crippen molar-refractivity contribution in [2.24, 2.45) is 0 Å². The van der Waals surface area contributed by atoms with Gasteiger partial charge in [-0.2, -0.15) is 5.10 Å². The lowest BCUT2D eigenvalue weighted by Gasteiger charge is -2.48. The molecule has 1 saturated heterocycles. The van der Waals surface area contributed by atoms with Crippen molar-refractivity contribution in [2.75, 3.05) is 19.7 Å². The van der Waals surface area contributed by atoms with Gasteiger partial charge in [-0.15, -0.1) is 0 Å². The van der Waals surface area contributed by atoms with E-state index in [1.165, 1.54) is 19.3 Å². The number of esters is 1. The van der Waals surface area contributed by atoms with E-state index in [4.69, 9.17) is 4.74 Å². The third kappa shape index (κ3) is 2.16. The number of hydrogen-bond donors (Lipinski definition) is 0. The second-order valence-electron chi connectivity index (χ2n) is 5.50. The molecule has 0 atom stereocenters. The van der Waals surface area contributed by atoms with Crippen LogP contribution in [0.25, 0.3) is 0 Å². The molecule has 0 N–H and O–H groups in total. The van der Waals surface area contributed by atoms with Gasteiger partial charge in [-0.25, -0.2) is 4.79 Å². The number of aromatic nitrogens is 2. The number of hydrogen-bond acceptors (Lipinski definition) is 4. The van der Waals surface area contributed by atoms with E-state index < -0.39 is 0 Å².